The normalized spacial score (nSPS) is 12.3. The molecule has 0 N–H and O–H groups in total. The van der Waals surface area contributed by atoms with Crippen LogP contribution in [0, 0.1) is 10.5 Å². The second-order valence-electron chi connectivity index (χ2n) is 4.90. The molecule has 0 fully saturated rings. The molecule has 0 saturated heterocycles. The lowest BCUT2D eigenvalue weighted by Gasteiger charge is -2.21. The fourth-order valence-corrected chi connectivity index (χ4v) is 2.65. The Morgan fingerprint density at radius 3 is 2.53 bits per heavy atom. The molecule has 0 bridgehead atoms. The van der Waals surface area contributed by atoms with E-state index in [0.29, 0.717) is 0 Å². The number of fused-ring (bicyclic) bond motifs is 1. The number of nitrogens with zero attached hydrogens (tertiary/aromatic N) is 2. The highest BCUT2D eigenvalue weighted by Crippen LogP contribution is 2.26. The third-order valence-electron chi connectivity index (χ3n) is 2.47. The Balaban J connectivity index is 2.80. The molecule has 1 aromatic carbocycles. The van der Waals surface area contributed by atoms with E-state index >= 15 is 0 Å². The summed E-state index contributed by atoms with van der Waals surface area (Å²) in [5.74, 6) is 0. The van der Waals surface area contributed by atoms with Crippen LogP contribution in [0.3, 0.4) is 0 Å². The van der Waals surface area contributed by atoms with Crippen LogP contribution >= 0.6 is 22.6 Å². The summed E-state index contributed by atoms with van der Waals surface area (Å²) in [5, 5.41) is 0. The number of hydrogen-bond donors (Lipinski definition) is 0. The molecular formula is C12H15IN2. The van der Waals surface area contributed by atoms with Crippen molar-refractivity contribution in [3.63, 3.8) is 0 Å². The SMILES string of the molecule is Cc1cc(I)c2ncn(C(C)(C)C)c2c1. The molecular weight excluding hydrogens is 299 g/mol. The third kappa shape index (κ3) is 1.89. The van der Waals surface area contributed by atoms with Crippen LogP contribution < -0.4 is 0 Å². The fraction of sp³-hybridized carbons (Fsp3) is 0.417. The van der Waals surface area contributed by atoms with Gasteiger partial charge in [0.2, 0.25) is 0 Å². The van der Waals surface area contributed by atoms with Crippen LogP contribution in [0.2, 0.25) is 0 Å². The van der Waals surface area contributed by atoms with Crippen molar-refractivity contribution in [2.45, 2.75) is 33.2 Å². The monoisotopic (exact) mass is 314 g/mol. The minimum atomic E-state index is 0.0889. The lowest BCUT2D eigenvalue weighted by atomic mass is 10.1. The smallest absolute Gasteiger partial charge is 0.102 e. The molecule has 0 aliphatic rings. The summed E-state index contributed by atoms with van der Waals surface area (Å²) in [6, 6.07) is 4.37. The van der Waals surface area contributed by atoms with E-state index in [-0.39, 0.29) is 5.54 Å². The molecule has 0 atom stereocenters. The third-order valence-corrected chi connectivity index (χ3v) is 3.29. The fourth-order valence-electron chi connectivity index (χ4n) is 1.74. The quantitative estimate of drug-likeness (QED) is 0.678. The number of benzene rings is 1. The van der Waals surface area contributed by atoms with Gasteiger partial charge in [-0.2, -0.15) is 0 Å². The maximum Gasteiger partial charge on any atom is 0.102 e. The van der Waals surface area contributed by atoms with Gasteiger partial charge in [-0.1, -0.05) is 0 Å². The Morgan fingerprint density at radius 2 is 1.93 bits per heavy atom. The summed E-state index contributed by atoms with van der Waals surface area (Å²) in [6.45, 7) is 8.72. The van der Waals surface area contributed by atoms with Gasteiger partial charge in [0.15, 0.2) is 0 Å². The van der Waals surface area contributed by atoms with E-state index in [9.17, 15) is 0 Å². The molecule has 3 heteroatoms. The van der Waals surface area contributed by atoms with Crippen molar-refractivity contribution in [1.29, 1.82) is 0 Å². The Labute approximate surface area is 104 Å². The maximum atomic E-state index is 4.48. The summed E-state index contributed by atoms with van der Waals surface area (Å²) in [6.07, 6.45) is 1.94. The lowest BCUT2D eigenvalue weighted by Crippen LogP contribution is -2.20. The minimum Gasteiger partial charge on any atom is -0.325 e. The molecule has 1 heterocycles. The zero-order valence-electron chi connectivity index (χ0n) is 9.50. The lowest BCUT2D eigenvalue weighted by molar-refractivity contribution is 0.408. The molecule has 0 unspecified atom stereocenters. The first-order valence-electron chi connectivity index (χ1n) is 5.03. The summed E-state index contributed by atoms with van der Waals surface area (Å²) >= 11 is 2.35. The van der Waals surface area contributed by atoms with E-state index in [1.165, 1.54) is 14.7 Å². The second-order valence-corrected chi connectivity index (χ2v) is 6.06. The summed E-state index contributed by atoms with van der Waals surface area (Å²) in [5.41, 5.74) is 3.71. The second kappa shape index (κ2) is 3.47. The van der Waals surface area contributed by atoms with Gasteiger partial charge in [0.1, 0.15) is 5.52 Å². The summed E-state index contributed by atoms with van der Waals surface area (Å²) in [4.78, 5) is 4.48. The van der Waals surface area contributed by atoms with Crippen LogP contribution in [0.25, 0.3) is 11.0 Å². The van der Waals surface area contributed by atoms with E-state index in [4.69, 9.17) is 0 Å². The van der Waals surface area contributed by atoms with Gasteiger partial charge in [-0.05, 0) is 68.0 Å². The number of halogens is 1. The number of hydrogen-bond acceptors (Lipinski definition) is 1. The topological polar surface area (TPSA) is 17.8 Å². The summed E-state index contributed by atoms with van der Waals surface area (Å²) in [7, 11) is 0. The first-order valence-corrected chi connectivity index (χ1v) is 6.11. The molecule has 80 valence electrons. The van der Waals surface area contributed by atoms with Gasteiger partial charge >= 0.3 is 0 Å². The number of aryl methyl sites for hydroxylation is 1. The highest BCUT2D eigenvalue weighted by atomic mass is 127. The molecule has 2 aromatic rings. The van der Waals surface area contributed by atoms with Crippen molar-refractivity contribution in [3.05, 3.63) is 27.6 Å². The predicted molar refractivity (Wildman–Crippen MR) is 72.2 cm³/mol. The molecule has 0 radical (unpaired) electrons. The predicted octanol–water partition coefficient (Wildman–Crippen LogP) is 3.70. The van der Waals surface area contributed by atoms with Gasteiger partial charge in [-0.25, -0.2) is 4.98 Å². The van der Waals surface area contributed by atoms with Crippen molar-refractivity contribution in [1.82, 2.24) is 9.55 Å². The van der Waals surface area contributed by atoms with Crippen molar-refractivity contribution in [2.24, 2.45) is 0 Å². The minimum absolute atomic E-state index is 0.0889. The Hall–Kier alpha value is -0.580. The van der Waals surface area contributed by atoms with E-state index in [0.717, 1.165) is 5.52 Å². The standard InChI is InChI=1S/C12H15IN2/c1-8-5-9(13)11-10(6-8)15(7-14-11)12(2,3)4/h5-7H,1-4H3. The molecule has 2 nitrogen and oxygen atoms in total. The first-order chi connectivity index (χ1) is 6.89. The van der Waals surface area contributed by atoms with Crippen LogP contribution in [0.5, 0.6) is 0 Å². The van der Waals surface area contributed by atoms with Gasteiger partial charge < -0.3 is 4.57 Å². The van der Waals surface area contributed by atoms with Crippen LogP contribution in [0.4, 0.5) is 0 Å². The highest BCUT2D eigenvalue weighted by Gasteiger charge is 2.17. The van der Waals surface area contributed by atoms with Gasteiger partial charge in [-0.3, -0.25) is 0 Å². The molecule has 0 aliphatic heterocycles. The number of imidazole rings is 1. The molecule has 1 aromatic heterocycles. The van der Waals surface area contributed by atoms with Gasteiger partial charge in [0.25, 0.3) is 0 Å². The van der Waals surface area contributed by atoms with Crippen molar-refractivity contribution >= 4 is 33.6 Å². The highest BCUT2D eigenvalue weighted by molar-refractivity contribution is 14.1. The Morgan fingerprint density at radius 1 is 1.27 bits per heavy atom. The van der Waals surface area contributed by atoms with Crippen LogP contribution in [-0.4, -0.2) is 9.55 Å². The van der Waals surface area contributed by atoms with E-state index in [1.54, 1.807) is 0 Å². The van der Waals surface area contributed by atoms with E-state index < -0.39 is 0 Å². The molecule has 15 heavy (non-hydrogen) atoms. The van der Waals surface area contributed by atoms with Crippen LogP contribution in [0.15, 0.2) is 18.5 Å². The Bertz CT molecular complexity index is 506. The molecule has 2 rings (SSSR count). The van der Waals surface area contributed by atoms with Crippen LogP contribution in [0.1, 0.15) is 26.3 Å². The van der Waals surface area contributed by atoms with Crippen molar-refractivity contribution in [3.8, 4) is 0 Å². The largest absolute Gasteiger partial charge is 0.325 e. The number of rotatable bonds is 0. The zero-order valence-corrected chi connectivity index (χ0v) is 11.7. The van der Waals surface area contributed by atoms with Gasteiger partial charge in [0.05, 0.1) is 11.8 Å². The molecule has 0 aliphatic carbocycles. The molecule has 0 spiro atoms. The van der Waals surface area contributed by atoms with Gasteiger partial charge in [-0.15, -0.1) is 0 Å². The summed E-state index contributed by atoms with van der Waals surface area (Å²) < 4.78 is 3.46. The molecule has 0 amide bonds. The van der Waals surface area contributed by atoms with E-state index in [1.807, 2.05) is 6.33 Å². The average Bonchev–Trinajstić information content (AvgIpc) is 2.45. The maximum absolute atomic E-state index is 4.48. The zero-order chi connectivity index (χ0) is 11.2. The number of aromatic nitrogens is 2. The van der Waals surface area contributed by atoms with Gasteiger partial charge in [0, 0.05) is 9.11 Å². The molecule has 0 saturated carbocycles. The first kappa shape index (κ1) is 10.9. The van der Waals surface area contributed by atoms with E-state index in [2.05, 4.69) is 72.0 Å². The average molecular weight is 314 g/mol. The van der Waals surface area contributed by atoms with Crippen molar-refractivity contribution < 1.29 is 0 Å². The van der Waals surface area contributed by atoms with Crippen LogP contribution in [-0.2, 0) is 5.54 Å². The Kier molecular flexibility index (Phi) is 2.53. The van der Waals surface area contributed by atoms with Crippen molar-refractivity contribution in [2.75, 3.05) is 0 Å².